The highest BCUT2D eigenvalue weighted by Crippen LogP contribution is 2.29. The van der Waals surface area contributed by atoms with Crippen molar-refractivity contribution in [2.75, 3.05) is 12.3 Å². The molecular formula is C13H19N3OS2. The fourth-order valence-corrected chi connectivity index (χ4v) is 4.48. The number of rotatable bonds is 3. The third-order valence-electron chi connectivity index (χ3n) is 3.49. The Morgan fingerprint density at radius 3 is 2.84 bits per heavy atom. The van der Waals surface area contributed by atoms with Crippen molar-refractivity contribution in [2.24, 2.45) is 4.99 Å². The van der Waals surface area contributed by atoms with Crippen molar-refractivity contribution < 1.29 is 4.79 Å². The molecule has 2 rings (SSSR count). The van der Waals surface area contributed by atoms with E-state index in [0.29, 0.717) is 0 Å². The SMILES string of the molecule is C[C@H](SC1=NCCS1)C(=O)NC1(C#N)CCCCC1. The summed E-state index contributed by atoms with van der Waals surface area (Å²) in [5.41, 5.74) is -0.630. The van der Waals surface area contributed by atoms with Crippen LogP contribution in [0.5, 0.6) is 0 Å². The molecule has 1 aliphatic heterocycles. The summed E-state index contributed by atoms with van der Waals surface area (Å²) in [6.07, 6.45) is 4.78. The first kappa shape index (κ1) is 14.7. The minimum absolute atomic E-state index is 0.0383. The third kappa shape index (κ3) is 3.90. The Balaban J connectivity index is 1.89. The second-order valence-electron chi connectivity index (χ2n) is 5.00. The Kier molecular flexibility index (Phi) is 5.17. The van der Waals surface area contributed by atoms with Crippen molar-refractivity contribution in [1.82, 2.24) is 5.32 Å². The van der Waals surface area contributed by atoms with E-state index in [1.54, 1.807) is 11.8 Å². The van der Waals surface area contributed by atoms with Crippen LogP contribution in [0.3, 0.4) is 0 Å². The van der Waals surface area contributed by atoms with Crippen LogP contribution >= 0.6 is 23.5 Å². The number of nitriles is 1. The predicted octanol–water partition coefficient (Wildman–Crippen LogP) is 2.55. The molecule has 1 N–H and O–H groups in total. The Morgan fingerprint density at radius 1 is 1.53 bits per heavy atom. The highest BCUT2D eigenvalue weighted by atomic mass is 32.2. The lowest BCUT2D eigenvalue weighted by atomic mass is 9.83. The Hall–Kier alpha value is -0.670. The maximum absolute atomic E-state index is 12.2. The minimum Gasteiger partial charge on any atom is -0.337 e. The van der Waals surface area contributed by atoms with Gasteiger partial charge in [-0.3, -0.25) is 9.79 Å². The van der Waals surface area contributed by atoms with E-state index in [1.165, 1.54) is 11.8 Å². The molecule has 0 saturated heterocycles. The zero-order chi connectivity index (χ0) is 13.7. The summed E-state index contributed by atoms with van der Waals surface area (Å²) in [6.45, 7) is 2.73. The lowest BCUT2D eigenvalue weighted by Gasteiger charge is -2.32. The topological polar surface area (TPSA) is 65.2 Å². The van der Waals surface area contributed by atoms with E-state index in [4.69, 9.17) is 0 Å². The molecule has 0 aromatic heterocycles. The first-order valence-corrected chi connectivity index (χ1v) is 8.59. The van der Waals surface area contributed by atoms with E-state index in [2.05, 4.69) is 16.4 Å². The molecule has 1 saturated carbocycles. The van der Waals surface area contributed by atoms with Crippen LogP contribution in [0.1, 0.15) is 39.0 Å². The Labute approximate surface area is 122 Å². The van der Waals surface area contributed by atoms with Gasteiger partial charge in [-0.15, -0.1) is 0 Å². The average Bonchev–Trinajstić information content (AvgIpc) is 2.92. The smallest absolute Gasteiger partial charge is 0.234 e. The highest BCUT2D eigenvalue weighted by Gasteiger charge is 2.35. The second kappa shape index (κ2) is 6.67. The van der Waals surface area contributed by atoms with Gasteiger partial charge in [0.15, 0.2) is 0 Å². The summed E-state index contributed by atoms with van der Waals surface area (Å²) in [5, 5.41) is 12.1. The zero-order valence-corrected chi connectivity index (χ0v) is 12.8. The summed E-state index contributed by atoms with van der Waals surface area (Å²) in [4.78, 5) is 16.6. The van der Waals surface area contributed by atoms with Crippen LogP contribution in [0.15, 0.2) is 4.99 Å². The first-order chi connectivity index (χ1) is 9.15. The quantitative estimate of drug-likeness (QED) is 0.869. The standard InChI is InChI=1S/C13H19N3OS2/c1-10(19-12-15-7-8-18-12)11(17)16-13(9-14)5-3-2-4-6-13/h10H,2-8H2,1H3,(H,16,17)/t10-/m0/s1. The van der Waals surface area contributed by atoms with Crippen molar-refractivity contribution in [2.45, 2.75) is 49.8 Å². The zero-order valence-electron chi connectivity index (χ0n) is 11.1. The van der Waals surface area contributed by atoms with Crippen LogP contribution < -0.4 is 5.32 Å². The number of carbonyl (C=O) groups is 1. The average molecular weight is 297 g/mol. The molecule has 19 heavy (non-hydrogen) atoms. The van der Waals surface area contributed by atoms with E-state index in [9.17, 15) is 10.1 Å². The lowest BCUT2D eigenvalue weighted by molar-refractivity contribution is -0.121. The molecule has 0 aromatic rings. The molecule has 0 radical (unpaired) electrons. The van der Waals surface area contributed by atoms with Crippen LogP contribution in [0, 0.1) is 11.3 Å². The van der Waals surface area contributed by atoms with Gasteiger partial charge in [0.1, 0.15) is 9.91 Å². The van der Waals surface area contributed by atoms with Gasteiger partial charge < -0.3 is 5.32 Å². The molecule has 1 fully saturated rings. The summed E-state index contributed by atoms with van der Waals surface area (Å²) in [7, 11) is 0. The van der Waals surface area contributed by atoms with E-state index < -0.39 is 5.54 Å². The highest BCUT2D eigenvalue weighted by molar-refractivity contribution is 8.39. The predicted molar refractivity (Wildman–Crippen MR) is 81.4 cm³/mol. The molecule has 1 atom stereocenters. The van der Waals surface area contributed by atoms with Crippen molar-refractivity contribution >= 4 is 33.8 Å². The Bertz CT molecular complexity index is 411. The van der Waals surface area contributed by atoms with Crippen LogP contribution in [0.4, 0.5) is 0 Å². The maximum atomic E-state index is 12.2. The van der Waals surface area contributed by atoms with Gasteiger partial charge in [-0.25, -0.2) is 0 Å². The van der Waals surface area contributed by atoms with Crippen molar-refractivity contribution in [3.63, 3.8) is 0 Å². The van der Waals surface area contributed by atoms with Gasteiger partial charge in [0, 0.05) is 5.75 Å². The fraction of sp³-hybridized carbons (Fsp3) is 0.769. The van der Waals surface area contributed by atoms with Gasteiger partial charge in [-0.05, 0) is 19.8 Å². The van der Waals surface area contributed by atoms with Gasteiger partial charge in [0.05, 0.1) is 17.9 Å². The molecule has 0 aromatic carbocycles. The summed E-state index contributed by atoms with van der Waals surface area (Å²) in [6, 6.07) is 2.32. The van der Waals surface area contributed by atoms with E-state index in [1.807, 2.05) is 6.92 Å². The monoisotopic (exact) mass is 297 g/mol. The molecular weight excluding hydrogens is 278 g/mol. The van der Waals surface area contributed by atoms with E-state index >= 15 is 0 Å². The largest absolute Gasteiger partial charge is 0.337 e. The molecule has 1 amide bonds. The number of amides is 1. The second-order valence-corrected chi connectivity index (χ2v) is 7.67. The number of thioether (sulfide) groups is 2. The number of carbonyl (C=O) groups excluding carboxylic acids is 1. The number of nitrogens with zero attached hydrogens (tertiary/aromatic N) is 2. The van der Waals surface area contributed by atoms with Crippen LogP contribution in [-0.2, 0) is 4.79 Å². The van der Waals surface area contributed by atoms with Gasteiger partial charge >= 0.3 is 0 Å². The number of hydrogen-bond acceptors (Lipinski definition) is 5. The normalized spacial score (nSPS) is 23.3. The first-order valence-electron chi connectivity index (χ1n) is 6.72. The molecule has 6 heteroatoms. The summed E-state index contributed by atoms with van der Waals surface area (Å²) in [5.74, 6) is 0.974. The maximum Gasteiger partial charge on any atom is 0.234 e. The number of aliphatic imine (C=N–C) groups is 1. The van der Waals surface area contributed by atoms with Gasteiger partial charge in [0.2, 0.25) is 5.91 Å². The number of nitrogens with one attached hydrogen (secondary N) is 1. The molecule has 0 unspecified atom stereocenters. The molecule has 1 heterocycles. The number of hydrogen-bond donors (Lipinski definition) is 1. The van der Waals surface area contributed by atoms with Gasteiger partial charge in [0.25, 0.3) is 0 Å². The molecule has 104 valence electrons. The van der Waals surface area contributed by atoms with E-state index in [0.717, 1.165) is 48.8 Å². The minimum atomic E-state index is -0.630. The van der Waals surface area contributed by atoms with E-state index in [-0.39, 0.29) is 11.2 Å². The van der Waals surface area contributed by atoms with Crippen LogP contribution in [-0.4, -0.2) is 33.4 Å². The Morgan fingerprint density at radius 2 is 2.26 bits per heavy atom. The fourth-order valence-electron chi connectivity index (χ4n) is 2.35. The molecule has 0 bridgehead atoms. The van der Waals surface area contributed by atoms with Crippen molar-refractivity contribution in [3.05, 3.63) is 0 Å². The van der Waals surface area contributed by atoms with Crippen molar-refractivity contribution in [3.8, 4) is 6.07 Å². The molecule has 4 nitrogen and oxygen atoms in total. The summed E-state index contributed by atoms with van der Waals surface area (Å²) < 4.78 is 0.998. The summed E-state index contributed by atoms with van der Waals surface area (Å²) >= 11 is 3.21. The van der Waals surface area contributed by atoms with Crippen molar-refractivity contribution in [1.29, 1.82) is 5.26 Å². The van der Waals surface area contributed by atoms with Gasteiger partial charge in [-0.2, -0.15) is 5.26 Å². The van der Waals surface area contributed by atoms with Crippen LogP contribution in [0.2, 0.25) is 0 Å². The molecule has 1 aliphatic carbocycles. The van der Waals surface area contributed by atoms with Gasteiger partial charge in [-0.1, -0.05) is 42.8 Å². The third-order valence-corrected chi connectivity index (χ3v) is 5.79. The molecule has 0 spiro atoms. The van der Waals surface area contributed by atoms with Crippen LogP contribution in [0.25, 0.3) is 0 Å². The molecule has 2 aliphatic rings. The lowest BCUT2D eigenvalue weighted by Crippen LogP contribution is -2.51.